The van der Waals surface area contributed by atoms with E-state index < -0.39 is 0 Å². The van der Waals surface area contributed by atoms with Crippen molar-refractivity contribution in [3.05, 3.63) is 59.2 Å². The third-order valence-electron chi connectivity index (χ3n) is 3.94. The average Bonchev–Trinajstić information content (AvgIpc) is 2.97. The summed E-state index contributed by atoms with van der Waals surface area (Å²) in [5, 5.41) is 16.6. The molecule has 7 nitrogen and oxygen atoms in total. The molecule has 0 radical (unpaired) electrons. The molecule has 1 amide bonds. The van der Waals surface area contributed by atoms with Gasteiger partial charge >= 0.3 is 0 Å². The first-order valence-corrected chi connectivity index (χ1v) is 8.22. The van der Waals surface area contributed by atoms with Crippen LogP contribution in [0.2, 0.25) is 0 Å². The summed E-state index contributed by atoms with van der Waals surface area (Å²) in [6, 6.07) is 11.3. The Labute approximate surface area is 145 Å². The van der Waals surface area contributed by atoms with E-state index in [1.165, 1.54) is 0 Å². The second-order valence-corrected chi connectivity index (χ2v) is 6.00. The van der Waals surface area contributed by atoms with E-state index in [0.717, 1.165) is 17.0 Å². The van der Waals surface area contributed by atoms with Crippen LogP contribution in [0.15, 0.2) is 36.4 Å². The van der Waals surface area contributed by atoms with Crippen LogP contribution in [0.4, 0.5) is 0 Å². The SMILES string of the molecule is Cc1cc(C)n2nc(CC(=O)NC(CCO)c3ccccc3)nc2n1. The molecular weight excluding hydrogens is 318 g/mol. The fourth-order valence-electron chi connectivity index (χ4n) is 2.81. The number of carbonyl (C=O) groups excluding carboxylic acids is 1. The van der Waals surface area contributed by atoms with E-state index in [1.54, 1.807) is 4.52 Å². The van der Waals surface area contributed by atoms with E-state index in [-0.39, 0.29) is 25.0 Å². The van der Waals surface area contributed by atoms with Crippen LogP contribution in [-0.2, 0) is 11.2 Å². The van der Waals surface area contributed by atoms with Gasteiger partial charge in [-0.25, -0.2) is 9.50 Å². The third-order valence-corrected chi connectivity index (χ3v) is 3.94. The zero-order valence-electron chi connectivity index (χ0n) is 14.3. The molecule has 3 aromatic rings. The minimum atomic E-state index is -0.238. The minimum absolute atomic E-state index is 0.00511. The van der Waals surface area contributed by atoms with Crippen molar-refractivity contribution in [1.29, 1.82) is 0 Å². The van der Waals surface area contributed by atoms with Gasteiger partial charge in [0.1, 0.15) is 0 Å². The van der Waals surface area contributed by atoms with Crippen molar-refractivity contribution < 1.29 is 9.90 Å². The minimum Gasteiger partial charge on any atom is -0.396 e. The van der Waals surface area contributed by atoms with Crippen LogP contribution in [0.1, 0.15) is 35.2 Å². The summed E-state index contributed by atoms with van der Waals surface area (Å²) in [4.78, 5) is 21.1. The highest BCUT2D eigenvalue weighted by atomic mass is 16.3. The van der Waals surface area contributed by atoms with Gasteiger partial charge in [-0.05, 0) is 31.9 Å². The standard InChI is InChI=1S/C18H21N5O2/c1-12-10-13(2)23-18(19-12)21-16(22-23)11-17(25)20-15(8-9-24)14-6-4-3-5-7-14/h3-7,10,15,24H,8-9,11H2,1-2H3,(H,20,25). The molecule has 0 spiro atoms. The number of aliphatic hydroxyl groups excluding tert-OH is 1. The zero-order valence-corrected chi connectivity index (χ0v) is 14.3. The zero-order chi connectivity index (χ0) is 17.8. The van der Waals surface area contributed by atoms with Gasteiger partial charge in [-0.2, -0.15) is 4.98 Å². The number of aromatic nitrogens is 4. The van der Waals surface area contributed by atoms with Crippen molar-refractivity contribution in [2.45, 2.75) is 32.7 Å². The largest absolute Gasteiger partial charge is 0.396 e. The molecule has 1 atom stereocenters. The Hall–Kier alpha value is -2.80. The van der Waals surface area contributed by atoms with Gasteiger partial charge < -0.3 is 10.4 Å². The first kappa shape index (κ1) is 17.0. The number of nitrogens with zero attached hydrogens (tertiary/aromatic N) is 4. The summed E-state index contributed by atoms with van der Waals surface area (Å²) >= 11 is 0. The van der Waals surface area contributed by atoms with E-state index in [4.69, 9.17) is 0 Å². The van der Waals surface area contributed by atoms with Crippen molar-refractivity contribution in [2.75, 3.05) is 6.61 Å². The number of rotatable bonds is 6. The molecule has 0 aliphatic heterocycles. The molecule has 0 aliphatic carbocycles. The van der Waals surface area contributed by atoms with Gasteiger partial charge in [0.25, 0.3) is 5.78 Å². The van der Waals surface area contributed by atoms with Gasteiger partial charge in [-0.1, -0.05) is 30.3 Å². The topological polar surface area (TPSA) is 92.4 Å². The molecule has 1 aromatic carbocycles. The maximum absolute atomic E-state index is 12.4. The highest BCUT2D eigenvalue weighted by molar-refractivity contribution is 5.78. The Balaban J connectivity index is 1.74. The van der Waals surface area contributed by atoms with Crippen molar-refractivity contribution in [3.8, 4) is 0 Å². The number of carbonyl (C=O) groups is 1. The van der Waals surface area contributed by atoms with Crippen LogP contribution in [0, 0.1) is 13.8 Å². The monoisotopic (exact) mass is 339 g/mol. The highest BCUT2D eigenvalue weighted by Crippen LogP contribution is 2.16. The first-order chi connectivity index (χ1) is 12.1. The lowest BCUT2D eigenvalue weighted by atomic mass is 10.0. The Morgan fingerprint density at radius 3 is 2.72 bits per heavy atom. The van der Waals surface area contributed by atoms with Crippen LogP contribution in [0.25, 0.3) is 5.78 Å². The lowest BCUT2D eigenvalue weighted by molar-refractivity contribution is -0.121. The maximum Gasteiger partial charge on any atom is 0.252 e. The summed E-state index contributed by atoms with van der Waals surface area (Å²) in [6.07, 6.45) is 0.519. The predicted molar refractivity (Wildman–Crippen MR) is 93.0 cm³/mol. The maximum atomic E-state index is 12.4. The lowest BCUT2D eigenvalue weighted by Crippen LogP contribution is -2.30. The molecule has 130 valence electrons. The Morgan fingerprint density at radius 2 is 2.00 bits per heavy atom. The van der Waals surface area contributed by atoms with Crippen LogP contribution in [-0.4, -0.2) is 37.2 Å². The highest BCUT2D eigenvalue weighted by Gasteiger charge is 2.17. The summed E-state index contributed by atoms with van der Waals surface area (Å²) in [5.74, 6) is 0.734. The van der Waals surface area contributed by atoms with E-state index in [1.807, 2.05) is 50.2 Å². The Morgan fingerprint density at radius 1 is 1.24 bits per heavy atom. The van der Waals surface area contributed by atoms with Crippen LogP contribution < -0.4 is 5.32 Å². The van der Waals surface area contributed by atoms with Crippen molar-refractivity contribution in [3.63, 3.8) is 0 Å². The number of amides is 1. The second-order valence-electron chi connectivity index (χ2n) is 6.00. The van der Waals surface area contributed by atoms with Gasteiger partial charge in [-0.15, -0.1) is 5.10 Å². The number of aryl methyl sites for hydroxylation is 2. The van der Waals surface area contributed by atoms with Crippen molar-refractivity contribution in [2.24, 2.45) is 0 Å². The van der Waals surface area contributed by atoms with Crippen molar-refractivity contribution in [1.82, 2.24) is 24.9 Å². The van der Waals surface area contributed by atoms with Crippen LogP contribution in [0.5, 0.6) is 0 Å². The van der Waals surface area contributed by atoms with Crippen LogP contribution in [0.3, 0.4) is 0 Å². The second kappa shape index (κ2) is 7.40. The average molecular weight is 339 g/mol. The first-order valence-electron chi connectivity index (χ1n) is 8.22. The Kier molecular flexibility index (Phi) is 5.04. The van der Waals surface area contributed by atoms with Gasteiger partial charge in [0.05, 0.1) is 12.5 Å². The summed E-state index contributed by atoms with van der Waals surface area (Å²) < 4.78 is 1.64. The van der Waals surface area contributed by atoms with Gasteiger partial charge in [0, 0.05) is 18.0 Å². The number of fused-ring (bicyclic) bond motifs is 1. The molecule has 0 aliphatic rings. The number of benzene rings is 1. The molecule has 25 heavy (non-hydrogen) atoms. The number of nitrogens with one attached hydrogen (secondary N) is 1. The Bertz CT molecular complexity index is 876. The predicted octanol–water partition coefficient (Wildman–Crippen LogP) is 1.52. The molecule has 0 fully saturated rings. The molecule has 0 saturated heterocycles. The lowest BCUT2D eigenvalue weighted by Gasteiger charge is -2.17. The molecular formula is C18H21N5O2. The molecule has 7 heteroatoms. The smallest absolute Gasteiger partial charge is 0.252 e. The molecule has 0 bridgehead atoms. The molecule has 3 rings (SSSR count). The van der Waals surface area contributed by atoms with E-state index in [0.29, 0.717) is 18.0 Å². The van der Waals surface area contributed by atoms with Crippen molar-refractivity contribution >= 4 is 11.7 Å². The number of aliphatic hydroxyl groups is 1. The molecule has 0 saturated carbocycles. The summed E-state index contributed by atoms with van der Waals surface area (Å²) in [7, 11) is 0. The van der Waals surface area contributed by atoms with Gasteiger partial charge in [0.2, 0.25) is 5.91 Å². The quantitative estimate of drug-likeness (QED) is 0.710. The molecule has 1 unspecified atom stereocenters. The fourth-order valence-corrected chi connectivity index (χ4v) is 2.81. The number of hydrogen-bond acceptors (Lipinski definition) is 5. The van der Waals surface area contributed by atoms with E-state index in [9.17, 15) is 9.90 Å². The number of hydrogen-bond donors (Lipinski definition) is 2. The third kappa shape index (κ3) is 4.00. The molecule has 2 aromatic heterocycles. The normalized spacial score (nSPS) is 12.3. The van der Waals surface area contributed by atoms with Gasteiger partial charge in [-0.3, -0.25) is 4.79 Å². The summed E-state index contributed by atoms with van der Waals surface area (Å²) in [5.41, 5.74) is 2.74. The fraction of sp³-hybridized carbons (Fsp3) is 0.333. The molecule has 2 N–H and O–H groups in total. The van der Waals surface area contributed by atoms with Gasteiger partial charge in [0.15, 0.2) is 5.82 Å². The van der Waals surface area contributed by atoms with E-state index in [2.05, 4.69) is 20.4 Å². The summed E-state index contributed by atoms with van der Waals surface area (Å²) in [6.45, 7) is 3.81. The van der Waals surface area contributed by atoms with E-state index >= 15 is 0 Å². The molecule has 2 heterocycles. The van der Waals surface area contributed by atoms with Crippen LogP contribution >= 0.6 is 0 Å².